The van der Waals surface area contributed by atoms with Gasteiger partial charge in [0.2, 0.25) is 0 Å². The summed E-state index contributed by atoms with van der Waals surface area (Å²) in [6.45, 7) is 3.23. The number of nitrogens with one attached hydrogen (secondary N) is 1. The highest BCUT2D eigenvalue weighted by atomic mass is 35.5. The van der Waals surface area contributed by atoms with Crippen molar-refractivity contribution in [3.63, 3.8) is 0 Å². The first-order valence-corrected chi connectivity index (χ1v) is 10.6. The minimum Gasteiger partial charge on any atom is -0.487 e. The van der Waals surface area contributed by atoms with Gasteiger partial charge in [0.15, 0.2) is 5.78 Å². The van der Waals surface area contributed by atoms with E-state index in [4.69, 9.17) is 32.7 Å². The Morgan fingerprint density at radius 1 is 1.12 bits per heavy atom. The molecule has 1 heterocycles. The fourth-order valence-electron chi connectivity index (χ4n) is 3.30. The molecule has 0 saturated carbocycles. The summed E-state index contributed by atoms with van der Waals surface area (Å²) in [5, 5.41) is 3.30. The van der Waals surface area contributed by atoms with Crippen LogP contribution < -0.4 is 10.1 Å². The fourth-order valence-corrected chi connectivity index (χ4v) is 3.71. The quantitative estimate of drug-likeness (QED) is 0.458. The molecule has 0 bridgehead atoms. The van der Waals surface area contributed by atoms with Gasteiger partial charge in [-0.05, 0) is 49.7 Å². The zero-order valence-electron chi connectivity index (χ0n) is 17.8. The van der Waals surface area contributed by atoms with E-state index in [0.29, 0.717) is 27.6 Å². The van der Waals surface area contributed by atoms with Crippen molar-refractivity contribution in [2.75, 3.05) is 20.3 Å². The molecule has 1 atom stereocenters. The van der Waals surface area contributed by atoms with Crippen LogP contribution in [0.1, 0.15) is 35.8 Å². The number of likely N-dealkylation sites (N-methyl/N-ethyl adjacent to an activating group) is 1. The number of Topliss-reactive ketones (excluding diaryl/α,β-unsaturated/α-hetero) is 1. The maximum Gasteiger partial charge on any atom is 0.338 e. The number of hydrogen-bond donors (Lipinski definition) is 1. The monoisotopic (exact) mass is 476 g/mol. The van der Waals surface area contributed by atoms with Gasteiger partial charge in [0, 0.05) is 12.6 Å². The molecular formula is C23H22Cl2N2O5. The van der Waals surface area contributed by atoms with Crippen LogP contribution in [0, 0.1) is 0 Å². The van der Waals surface area contributed by atoms with Crippen molar-refractivity contribution < 1.29 is 23.9 Å². The Morgan fingerprint density at radius 2 is 1.81 bits per heavy atom. The minimum atomic E-state index is -0.873. The van der Waals surface area contributed by atoms with Crippen LogP contribution in [0.25, 0.3) is 0 Å². The molecular weight excluding hydrogens is 455 g/mol. The fraction of sp³-hybridized carbons (Fsp3) is 0.261. The number of ether oxygens (including phenoxy) is 2. The van der Waals surface area contributed by atoms with Crippen LogP contribution in [-0.2, 0) is 9.53 Å². The van der Waals surface area contributed by atoms with Gasteiger partial charge < -0.3 is 14.8 Å². The smallest absolute Gasteiger partial charge is 0.338 e. The Bertz CT molecular complexity index is 1080. The Hall–Kier alpha value is -3.03. The molecule has 32 heavy (non-hydrogen) atoms. The average molecular weight is 477 g/mol. The molecule has 1 aliphatic rings. The number of carbonyl (C=O) groups excluding carboxylic acids is 3. The molecule has 0 saturated heterocycles. The summed E-state index contributed by atoms with van der Waals surface area (Å²) < 4.78 is 11.1. The third-order valence-electron chi connectivity index (χ3n) is 5.00. The van der Waals surface area contributed by atoms with Gasteiger partial charge in [0.05, 0.1) is 34.0 Å². The van der Waals surface area contributed by atoms with E-state index in [9.17, 15) is 14.4 Å². The predicted molar refractivity (Wildman–Crippen MR) is 121 cm³/mol. The molecule has 168 valence electrons. The maximum atomic E-state index is 12.9. The summed E-state index contributed by atoms with van der Waals surface area (Å²) in [4.78, 5) is 38.4. The second kappa shape index (κ2) is 10.1. The number of halogens is 2. The highest BCUT2D eigenvalue weighted by molar-refractivity contribution is 6.42. The normalized spacial score (nSPS) is 16.0. The van der Waals surface area contributed by atoms with Crippen LogP contribution in [0.2, 0.25) is 10.0 Å². The Balaban J connectivity index is 2.03. The Kier molecular flexibility index (Phi) is 7.43. The molecule has 0 aliphatic carbocycles. The second-order valence-corrected chi connectivity index (χ2v) is 7.82. The van der Waals surface area contributed by atoms with Gasteiger partial charge in [0.25, 0.3) is 0 Å². The van der Waals surface area contributed by atoms with Gasteiger partial charge in [-0.3, -0.25) is 9.69 Å². The van der Waals surface area contributed by atoms with Crippen molar-refractivity contribution in [2.45, 2.75) is 19.9 Å². The molecule has 0 aromatic heterocycles. The van der Waals surface area contributed by atoms with Gasteiger partial charge in [-0.1, -0.05) is 35.3 Å². The summed E-state index contributed by atoms with van der Waals surface area (Å²) in [5.41, 5.74) is 1.53. The topological polar surface area (TPSA) is 84.9 Å². The molecule has 1 aliphatic heterocycles. The molecule has 3 rings (SSSR count). The molecule has 9 heteroatoms. The van der Waals surface area contributed by atoms with Gasteiger partial charge in [-0.2, -0.15) is 0 Å². The zero-order chi connectivity index (χ0) is 23.4. The summed E-state index contributed by atoms with van der Waals surface area (Å²) >= 11 is 12.6. The number of carbonyl (C=O) groups is 3. The highest BCUT2D eigenvalue weighted by Crippen LogP contribution is 2.37. The van der Waals surface area contributed by atoms with E-state index in [2.05, 4.69) is 5.32 Å². The lowest BCUT2D eigenvalue weighted by Gasteiger charge is -2.34. The van der Waals surface area contributed by atoms with Crippen LogP contribution in [0.5, 0.6) is 5.75 Å². The highest BCUT2D eigenvalue weighted by Gasteiger charge is 2.38. The van der Waals surface area contributed by atoms with Gasteiger partial charge in [-0.25, -0.2) is 9.59 Å². The summed E-state index contributed by atoms with van der Waals surface area (Å²) in [7, 11) is 1.53. The van der Waals surface area contributed by atoms with E-state index in [1.807, 2.05) is 0 Å². The first-order valence-electron chi connectivity index (χ1n) is 9.86. The van der Waals surface area contributed by atoms with Crippen LogP contribution >= 0.6 is 23.2 Å². The molecule has 2 amide bonds. The van der Waals surface area contributed by atoms with Crippen LogP contribution in [0.15, 0.2) is 53.7 Å². The van der Waals surface area contributed by atoms with Crippen molar-refractivity contribution in [2.24, 2.45) is 0 Å². The lowest BCUT2D eigenvalue weighted by atomic mass is 9.94. The third kappa shape index (κ3) is 4.89. The van der Waals surface area contributed by atoms with Crippen molar-refractivity contribution in [1.29, 1.82) is 0 Å². The molecule has 0 radical (unpaired) electrons. The third-order valence-corrected chi connectivity index (χ3v) is 5.83. The van der Waals surface area contributed by atoms with E-state index in [1.165, 1.54) is 18.9 Å². The van der Waals surface area contributed by atoms with Gasteiger partial charge in [0.1, 0.15) is 12.4 Å². The minimum absolute atomic E-state index is 0.0613. The number of hydrogen-bond acceptors (Lipinski definition) is 5. The maximum absolute atomic E-state index is 12.9. The number of urea groups is 1. The largest absolute Gasteiger partial charge is 0.487 e. The van der Waals surface area contributed by atoms with Gasteiger partial charge >= 0.3 is 12.0 Å². The number of nitrogens with zero attached hydrogens (tertiary/aromatic N) is 1. The van der Waals surface area contributed by atoms with E-state index in [0.717, 1.165) is 0 Å². The van der Waals surface area contributed by atoms with Gasteiger partial charge in [-0.15, -0.1) is 0 Å². The first-order chi connectivity index (χ1) is 15.2. The summed E-state index contributed by atoms with van der Waals surface area (Å²) in [5.74, 6) is -0.192. The molecule has 7 nitrogen and oxygen atoms in total. The number of amides is 2. The van der Waals surface area contributed by atoms with Crippen LogP contribution in [0.3, 0.4) is 0 Å². The number of rotatable bonds is 7. The molecule has 0 spiro atoms. The molecule has 2 aromatic rings. The zero-order valence-corrected chi connectivity index (χ0v) is 19.3. The summed E-state index contributed by atoms with van der Waals surface area (Å²) in [6, 6.07) is 10.3. The first kappa shape index (κ1) is 23.6. The average Bonchev–Trinajstić information content (AvgIpc) is 2.76. The Morgan fingerprint density at radius 3 is 2.44 bits per heavy atom. The molecule has 0 fully saturated rings. The van der Waals surface area contributed by atoms with Crippen molar-refractivity contribution in [3.8, 4) is 5.75 Å². The molecule has 2 aromatic carbocycles. The standard InChI is InChI=1S/C23H22Cl2N2O5/c1-4-31-22(29)19-18(12-32-15-10-8-14(9-11-15)13(2)28)27(3)23(30)26-21(19)16-6-5-7-17(24)20(16)25/h5-11,21H,4,12H2,1-3H3,(H,26,30). The molecule has 1 unspecified atom stereocenters. The number of ketones is 1. The number of esters is 1. The lowest BCUT2D eigenvalue weighted by molar-refractivity contribution is -0.139. The van der Waals surface area contributed by atoms with E-state index >= 15 is 0 Å². The van der Waals surface area contributed by atoms with Crippen molar-refractivity contribution in [3.05, 3.63) is 74.9 Å². The second-order valence-electron chi connectivity index (χ2n) is 7.03. The van der Waals surface area contributed by atoms with Crippen LogP contribution in [-0.4, -0.2) is 42.9 Å². The van der Waals surface area contributed by atoms with E-state index < -0.39 is 18.0 Å². The number of benzene rings is 2. The van der Waals surface area contributed by atoms with E-state index in [1.54, 1.807) is 49.4 Å². The lowest BCUT2D eigenvalue weighted by Crippen LogP contribution is -2.48. The Labute approximate surface area is 195 Å². The SMILES string of the molecule is CCOC(=O)C1=C(COc2ccc(C(C)=O)cc2)N(C)C(=O)NC1c1cccc(Cl)c1Cl. The van der Waals surface area contributed by atoms with Crippen LogP contribution in [0.4, 0.5) is 4.79 Å². The predicted octanol–water partition coefficient (Wildman–Crippen LogP) is 4.79. The van der Waals surface area contributed by atoms with Crippen molar-refractivity contribution >= 4 is 41.0 Å². The van der Waals surface area contributed by atoms with E-state index in [-0.39, 0.29) is 29.6 Å². The summed E-state index contributed by atoms with van der Waals surface area (Å²) in [6.07, 6.45) is 0. The van der Waals surface area contributed by atoms with Crippen molar-refractivity contribution in [1.82, 2.24) is 10.2 Å². The molecule has 1 N–H and O–H groups in total.